The fourth-order valence-corrected chi connectivity index (χ4v) is 2.92. The molecule has 1 fully saturated rings. The molecule has 1 atom stereocenters. The molecule has 1 aromatic carbocycles. The van der Waals surface area contributed by atoms with E-state index in [1.165, 1.54) is 12.8 Å². The van der Waals surface area contributed by atoms with Crippen molar-refractivity contribution in [3.63, 3.8) is 0 Å². The number of benzene rings is 1. The molecule has 1 aliphatic heterocycles. The lowest BCUT2D eigenvalue weighted by Gasteiger charge is -2.34. The van der Waals surface area contributed by atoms with Crippen LogP contribution in [-0.2, 0) is 0 Å². The molecule has 3 nitrogen and oxygen atoms in total. The second kappa shape index (κ2) is 6.40. The highest BCUT2D eigenvalue weighted by Gasteiger charge is 2.23. The SMILES string of the molecule is CC(C)C1CCN(CC(O)c2cccc(N)c2)CC1. The minimum absolute atomic E-state index is 0.431. The summed E-state index contributed by atoms with van der Waals surface area (Å²) in [6, 6.07) is 7.57. The molecule has 0 bridgehead atoms. The Bertz CT molecular complexity index is 397. The molecule has 0 spiro atoms. The van der Waals surface area contributed by atoms with Gasteiger partial charge in [-0.25, -0.2) is 0 Å². The van der Waals surface area contributed by atoms with Gasteiger partial charge in [-0.3, -0.25) is 0 Å². The number of aliphatic hydroxyl groups is 1. The molecule has 1 aliphatic rings. The van der Waals surface area contributed by atoms with Gasteiger partial charge in [-0.05, 0) is 55.5 Å². The molecule has 0 amide bonds. The van der Waals surface area contributed by atoms with Crippen LogP contribution in [0.15, 0.2) is 24.3 Å². The summed E-state index contributed by atoms with van der Waals surface area (Å²) in [4.78, 5) is 2.37. The standard InChI is InChI=1S/C16H26N2O/c1-12(2)13-6-8-18(9-7-13)11-16(19)14-4-3-5-15(17)10-14/h3-5,10,12-13,16,19H,6-9,11,17H2,1-2H3. The van der Waals surface area contributed by atoms with Gasteiger partial charge in [0.05, 0.1) is 6.10 Å². The predicted molar refractivity (Wildman–Crippen MR) is 79.8 cm³/mol. The largest absolute Gasteiger partial charge is 0.399 e. The number of nitrogens with two attached hydrogens (primary N) is 1. The Morgan fingerprint density at radius 2 is 2.00 bits per heavy atom. The lowest BCUT2D eigenvalue weighted by molar-refractivity contribution is 0.0818. The molecular weight excluding hydrogens is 236 g/mol. The van der Waals surface area contributed by atoms with E-state index in [9.17, 15) is 5.11 Å². The number of aliphatic hydroxyl groups excluding tert-OH is 1. The van der Waals surface area contributed by atoms with Crippen molar-refractivity contribution >= 4 is 5.69 Å². The van der Waals surface area contributed by atoms with Crippen LogP contribution in [0.1, 0.15) is 38.4 Å². The molecular formula is C16H26N2O. The molecule has 106 valence electrons. The number of piperidine rings is 1. The molecule has 1 unspecified atom stereocenters. The van der Waals surface area contributed by atoms with Crippen LogP contribution in [0.2, 0.25) is 0 Å². The first-order valence-electron chi connectivity index (χ1n) is 7.32. The summed E-state index contributed by atoms with van der Waals surface area (Å²) in [6.07, 6.45) is 2.07. The van der Waals surface area contributed by atoms with Crippen LogP contribution in [0, 0.1) is 11.8 Å². The molecule has 1 aromatic rings. The number of hydrogen-bond acceptors (Lipinski definition) is 3. The van der Waals surface area contributed by atoms with Crippen molar-refractivity contribution in [3.8, 4) is 0 Å². The van der Waals surface area contributed by atoms with Gasteiger partial charge >= 0.3 is 0 Å². The van der Waals surface area contributed by atoms with Gasteiger partial charge < -0.3 is 15.7 Å². The molecule has 0 radical (unpaired) electrons. The fraction of sp³-hybridized carbons (Fsp3) is 0.625. The van der Waals surface area contributed by atoms with Crippen LogP contribution >= 0.6 is 0 Å². The van der Waals surface area contributed by atoms with Crippen LogP contribution in [0.3, 0.4) is 0 Å². The highest BCUT2D eigenvalue weighted by atomic mass is 16.3. The maximum atomic E-state index is 10.3. The molecule has 19 heavy (non-hydrogen) atoms. The molecule has 0 aromatic heterocycles. The Labute approximate surface area is 116 Å². The zero-order valence-corrected chi connectivity index (χ0v) is 12.0. The summed E-state index contributed by atoms with van der Waals surface area (Å²) in [5.41, 5.74) is 7.40. The number of rotatable bonds is 4. The Kier molecular flexibility index (Phi) is 4.83. The Balaban J connectivity index is 1.85. The molecule has 0 aliphatic carbocycles. The number of anilines is 1. The van der Waals surface area contributed by atoms with Crippen LogP contribution in [0.4, 0.5) is 5.69 Å². The fourth-order valence-electron chi connectivity index (χ4n) is 2.92. The van der Waals surface area contributed by atoms with Crippen molar-refractivity contribution in [1.29, 1.82) is 0 Å². The monoisotopic (exact) mass is 262 g/mol. The summed E-state index contributed by atoms with van der Waals surface area (Å²) >= 11 is 0. The maximum Gasteiger partial charge on any atom is 0.0917 e. The molecule has 0 saturated carbocycles. The Morgan fingerprint density at radius 3 is 2.58 bits per heavy atom. The van der Waals surface area contributed by atoms with Crippen LogP contribution in [0.5, 0.6) is 0 Å². The van der Waals surface area contributed by atoms with Gasteiger partial charge in [0.2, 0.25) is 0 Å². The summed E-state index contributed by atoms with van der Waals surface area (Å²) in [7, 11) is 0. The molecule has 3 heteroatoms. The number of likely N-dealkylation sites (tertiary alicyclic amines) is 1. The van der Waals surface area contributed by atoms with Gasteiger partial charge in [-0.2, -0.15) is 0 Å². The first-order chi connectivity index (χ1) is 9.06. The van der Waals surface area contributed by atoms with Crippen LogP contribution < -0.4 is 5.73 Å². The van der Waals surface area contributed by atoms with E-state index < -0.39 is 6.10 Å². The molecule has 2 rings (SSSR count). The zero-order valence-electron chi connectivity index (χ0n) is 12.0. The Hall–Kier alpha value is -1.06. The van der Waals surface area contributed by atoms with E-state index in [1.54, 1.807) is 0 Å². The summed E-state index contributed by atoms with van der Waals surface area (Å²) in [5.74, 6) is 1.63. The summed E-state index contributed by atoms with van der Waals surface area (Å²) in [6.45, 7) is 7.53. The van der Waals surface area contributed by atoms with Crippen molar-refractivity contribution in [2.75, 3.05) is 25.4 Å². The van der Waals surface area contributed by atoms with Gasteiger partial charge in [0.25, 0.3) is 0 Å². The van der Waals surface area contributed by atoms with Gasteiger partial charge in [-0.15, -0.1) is 0 Å². The highest BCUT2D eigenvalue weighted by Crippen LogP contribution is 2.26. The highest BCUT2D eigenvalue weighted by molar-refractivity contribution is 5.41. The second-order valence-electron chi connectivity index (χ2n) is 6.07. The van der Waals surface area contributed by atoms with E-state index in [0.29, 0.717) is 6.54 Å². The van der Waals surface area contributed by atoms with Crippen LogP contribution in [-0.4, -0.2) is 29.6 Å². The van der Waals surface area contributed by atoms with Gasteiger partial charge in [0.1, 0.15) is 0 Å². The number of nitrogens with zero attached hydrogens (tertiary/aromatic N) is 1. The normalized spacial score (nSPS) is 19.8. The average Bonchev–Trinajstić information content (AvgIpc) is 2.39. The van der Waals surface area contributed by atoms with Crippen LogP contribution in [0.25, 0.3) is 0 Å². The number of hydrogen-bond donors (Lipinski definition) is 2. The zero-order chi connectivity index (χ0) is 13.8. The lowest BCUT2D eigenvalue weighted by Crippen LogP contribution is -2.37. The summed E-state index contributed by atoms with van der Waals surface area (Å²) in [5, 5.41) is 10.3. The smallest absolute Gasteiger partial charge is 0.0917 e. The third kappa shape index (κ3) is 3.95. The third-order valence-corrected chi connectivity index (χ3v) is 4.30. The molecule has 1 saturated heterocycles. The predicted octanol–water partition coefficient (Wildman–Crippen LogP) is 2.67. The number of nitrogen functional groups attached to an aromatic ring is 1. The molecule has 1 heterocycles. The first kappa shape index (κ1) is 14.4. The van der Waals surface area contributed by atoms with Crippen molar-refractivity contribution in [3.05, 3.63) is 29.8 Å². The minimum Gasteiger partial charge on any atom is -0.399 e. The first-order valence-corrected chi connectivity index (χ1v) is 7.32. The van der Waals surface area contributed by atoms with E-state index in [1.807, 2.05) is 24.3 Å². The lowest BCUT2D eigenvalue weighted by atomic mass is 9.86. The second-order valence-corrected chi connectivity index (χ2v) is 6.07. The van der Waals surface area contributed by atoms with E-state index in [-0.39, 0.29) is 0 Å². The number of β-amino-alcohol motifs (C(OH)–C–C–N with tert-alkyl or cyclic N) is 1. The Morgan fingerprint density at radius 1 is 1.32 bits per heavy atom. The van der Waals surface area contributed by atoms with Gasteiger partial charge in [0.15, 0.2) is 0 Å². The van der Waals surface area contributed by atoms with Crippen molar-refractivity contribution in [1.82, 2.24) is 4.90 Å². The van der Waals surface area contributed by atoms with E-state index in [2.05, 4.69) is 18.7 Å². The minimum atomic E-state index is -0.431. The van der Waals surface area contributed by atoms with Gasteiger partial charge in [0, 0.05) is 12.2 Å². The quantitative estimate of drug-likeness (QED) is 0.820. The topological polar surface area (TPSA) is 49.5 Å². The van der Waals surface area contributed by atoms with E-state index >= 15 is 0 Å². The van der Waals surface area contributed by atoms with E-state index in [0.717, 1.165) is 36.2 Å². The maximum absolute atomic E-state index is 10.3. The van der Waals surface area contributed by atoms with Gasteiger partial charge in [-0.1, -0.05) is 26.0 Å². The van der Waals surface area contributed by atoms with Crippen molar-refractivity contribution in [2.45, 2.75) is 32.8 Å². The summed E-state index contributed by atoms with van der Waals surface area (Å²) < 4.78 is 0. The molecule has 3 N–H and O–H groups in total. The average molecular weight is 262 g/mol. The third-order valence-electron chi connectivity index (χ3n) is 4.30. The van der Waals surface area contributed by atoms with E-state index in [4.69, 9.17) is 5.73 Å². The van der Waals surface area contributed by atoms with Crippen molar-refractivity contribution in [2.24, 2.45) is 11.8 Å². The van der Waals surface area contributed by atoms with Crippen molar-refractivity contribution < 1.29 is 5.11 Å².